The van der Waals surface area contributed by atoms with Crippen LogP contribution >= 0.6 is 0 Å². The average molecular weight is 271 g/mol. The zero-order valence-corrected chi connectivity index (χ0v) is 11.4. The van der Waals surface area contributed by atoms with Gasteiger partial charge in [0, 0.05) is 17.7 Å². The molecule has 1 aromatic carbocycles. The van der Waals surface area contributed by atoms with E-state index < -0.39 is 0 Å². The van der Waals surface area contributed by atoms with Crippen molar-refractivity contribution in [3.05, 3.63) is 35.8 Å². The molecule has 2 aromatic rings. The van der Waals surface area contributed by atoms with Crippen LogP contribution in [0, 0.1) is 6.92 Å². The number of rotatable bonds is 3. The zero-order valence-electron chi connectivity index (χ0n) is 11.4. The summed E-state index contributed by atoms with van der Waals surface area (Å²) in [6.45, 7) is 3.69. The van der Waals surface area contributed by atoms with E-state index in [1.807, 2.05) is 31.2 Å². The minimum atomic E-state index is 0.546. The number of aryl methyl sites for hydroxylation is 1. The van der Waals surface area contributed by atoms with Crippen molar-refractivity contribution in [3.63, 3.8) is 0 Å². The lowest BCUT2D eigenvalue weighted by atomic mass is 10.1. The Morgan fingerprint density at radius 1 is 1.10 bits per heavy atom. The van der Waals surface area contributed by atoms with Crippen LogP contribution in [0.1, 0.15) is 11.5 Å². The van der Waals surface area contributed by atoms with Gasteiger partial charge in [-0.05, 0) is 37.7 Å². The van der Waals surface area contributed by atoms with E-state index in [0.29, 0.717) is 26.2 Å². The quantitative estimate of drug-likeness (QED) is 0.920. The molecule has 0 fully saturated rings. The SMILES string of the molecule is Cc1cc(-c2ccc3c(c2)OCCO3)nc(CCN)n1. The number of hydrogen-bond donors (Lipinski definition) is 1. The first-order valence-corrected chi connectivity index (χ1v) is 6.71. The summed E-state index contributed by atoms with van der Waals surface area (Å²) < 4.78 is 11.1. The molecule has 0 aliphatic carbocycles. The maximum Gasteiger partial charge on any atom is 0.162 e. The molecule has 0 radical (unpaired) electrons. The molecule has 0 unspecified atom stereocenters. The average Bonchev–Trinajstić information content (AvgIpc) is 2.46. The van der Waals surface area contributed by atoms with Crippen molar-refractivity contribution in [2.75, 3.05) is 19.8 Å². The van der Waals surface area contributed by atoms with E-state index in [1.165, 1.54) is 0 Å². The van der Waals surface area contributed by atoms with Gasteiger partial charge in [0.2, 0.25) is 0 Å². The zero-order chi connectivity index (χ0) is 13.9. The van der Waals surface area contributed by atoms with Crippen molar-refractivity contribution in [3.8, 4) is 22.8 Å². The molecule has 104 valence electrons. The first-order valence-electron chi connectivity index (χ1n) is 6.71. The van der Waals surface area contributed by atoms with Crippen molar-refractivity contribution < 1.29 is 9.47 Å². The van der Waals surface area contributed by atoms with Gasteiger partial charge in [0.25, 0.3) is 0 Å². The number of nitrogens with zero attached hydrogens (tertiary/aromatic N) is 2. The lowest BCUT2D eigenvalue weighted by molar-refractivity contribution is 0.171. The van der Waals surface area contributed by atoms with Gasteiger partial charge in [-0.15, -0.1) is 0 Å². The molecule has 2 N–H and O–H groups in total. The highest BCUT2D eigenvalue weighted by Crippen LogP contribution is 2.34. The Bertz CT molecular complexity index is 629. The predicted molar refractivity (Wildman–Crippen MR) is 76.0 cm³/mol. The summed E-state index contributed by atoms with van der Waals surface area (Å²) in [4.78, 5) is 8.94. The van der Waals surface area contributed by atoms with Gasteiger partial charge in [-0.2, -0.15) is 0 Å². The van der Waals surface area contributed by atoms with Crippen LogP contribution in [-0.2, 0) is 6.42 Å². The molecule has 1 aliphatic rings. The highest BCUT2D eigenvalue weighted by Gasteiger charge is 2.13. The molecule has 0 spiro atoms. The summed E-state index contributed by atoms with van der Waals surface area (Å²) in [5.41, 5.74) is 8.40. The maximum atomic E-state index is 5.61. The van der Waals surface area contributed by atoms with Crippen molar-refractivity contribution in [1.29, 1.82) is 0 Å². The van der Waals surface area contributed by atoms with Crippen LogP contribution in [0.25, 0.3) is 11.3 Å². The first-order chi connectivity index (χ1) is 9.76. The molecule has 0 atom stereocenters. The molecule has 5 nitrogen and oxygen atoms in total. The number of nitrogens with two attached hydrogens (primary N) is 1. The highest BCUT2D eigenvalue weighted by atomic mass is 16.6. The van der Waals surface area contributed by atoms with Gasteiger partial charge < -0.3 is 15.2 Å². The largest absolute Gasteiger partial charge is 0.486 e. The Balaban J connectivity index is 1.99. The molecule has 0 amide bonds. The fourth-order valence-corrected chi connectivity index (χ4v) is 2.22. The number of benzene rings is 1. The van der Waals surface area contributed by atoms with E-state index in [2.05, 4.69) is 9.97 Å². The van der Waals surface area contributed by atoms with Crippen molar-refractivity contribution in [2.24, 2.45) is 5.73 Å². The predicted octanol–water partition coefficient (Wildman–Crippen LogP) is 1.72. The van der Waals surface area contributed by atoms with Crippen LogP contribution in [0.4, 0.5) is 0 Å². The van der Waals surface area contributed by atoms with Crippen LogP contribution in [0.3, 0.4) is 0 Å². The van der Waals surface area contributed by atoms with Gasteiger partial charge in [-0.25, -0.2) is 9.97 Å². The minimum Gasteiger partial charge on any atom is -0.486 e. The minimum absolute atomic E-state index is 0.546. The topological polar surface area (TPSA) is 70.3 Å². The lowest BCUT2D eigenvalue weighted by Gasteiger charge is -2.18. The number of ether oxygens (including phenoxy) is 2. The van der Waals surface area contributed by atoms with E-state index in [1.54, 1.807) is 0 Å². The number of aromatic nitrogens is 2. The van der Waals surface area contributed by atoms with E-state index >= 15 is 0 Å². The molecule has 0 saturated carbocycles. The standard InChI is InChI=1S/C15H17N3O2/c1-10-8-12(18-15(17-10)4-5-16)11-2-3-13-14(9-11)20-7-6-19-13/h2-3,8-9H,4-7,16H2,1H3. The van der Waals surface area contributed by atoms with Gasteiger partial charge >= 0.3 is 0 Å². The number of fused-ring (bicyclic) bond motifs is 1. The van der Waals surface area contributed by atoms with Gasteiger partial charge in [0.15, 0.2) is 11.5 Å². The van der Waals surface area contributed by atoms with Crippen molar-refractivity contribution >= 4 is 0 Å². The highest BCUT2D eigenvalue weighted by molar-refractivity contribution is 5.64. The molecular formula is C15H17N3O2. The second-order valence-corrected chi connectivity index (χ2v) is 4.71. The Kier molecular flexibility index (Phi) is 3.52. The maximum absolute atomic E-state index is 5.61. The van der Waals surface area contributed by atoms with Crippen LogP contribution in [0.2, 0.25) is 0 Å². The molecule has 1 aromatic heterocycles. The van der Waals surface area contributed by atoms with E-state index in [-0.39, 0.29) is 0 Å². The Morgan fingerprint density at radius 3 is 2.70 bits per heavy atom. The van der Waals surface area contributed by atoms with E-state index in [4.69, 9.17) is 15.2 Å². The smallest absolute Gasteiger partial charge is 0.162 e. The Labute approximate surface area is 117 Å². The molecule has 20 heavy (non-hydrogen) atoms. The molecule has 0 bridgehead atoms. The van der Waals surface area contributed by atoms with E-state index in [9.17, 15) is 0 Å². The summed E-state index contributed by atoms with van der Waals surface area (Å²) in [5, 5.41) is 0. The van der Waals surface area contributed by atoms with E-state index in [0.717, 1.165) is 34.3 Å². The Hall–Kier alpha value is -2.14. The molecule has 0 saturated heterocycles. The van der Waals surface area contributed by atoms with Crippen LogP contribution in [0.5, 0.6) is 11.5 Å². The molecular weight excluding hydrogens is 254 g/mol. The molecule has 1 aliphatic heterocycles. The second-order valence-electron chi connectivity index (χ2n) is 4.71. The summed E-state index contributed by atoms with van der Waals surface area (Å²) >= 11 is 0. The summed E-state index contributed by atoms with van der Waals surface area (Å²) in [7, 11) is 0. The van der Waals surface area contributed by atoms with Gasteiger partial charge in [-0.1, -0.05) is 0 Å². The normalized spacial score (nSPS) is 13.3. The lowest BCUT2D eigenvalue weighted by Crippen LogP contribution is -2.15. The van der Waals surface area contributed by atoms with Gasteiger partial charge in [-0.3, -0.25) is 0 Å². The monoisotopic (exact) mass is 271 g/mol. The van der Waals surface area contributed by atoms with Gasteiger partial charge in [0.1, 0.15) is 19.0 Å². The first kappa shape index (κ1) is 12.9. The van der Waals surface area contributed by atoms with Crippen LogP contribution in [0.15, 0.2) is 24.3 Å². The molecule has 5 heteroatoms. The summed E-state index contributed by atoms with van der Waals surface area (Å²) in [6.07, 6.45) is 0.680. The molecule has 3 rings (SSSR count). The second kappa shape index (κ2) is 5.46. The number of hydrogen-bond acceptors (Lipinski definition) is 5. The third-order valence-corrected chi connectivity index (χ3v) is 3.11. The molecule has 2 heterocycles. The Morgan fingerprint density at radius 2 is 1.90 bits per heavy atom. The fourth-order valence-electron chi connectivity index (χ4n) is 2.22. The van der Waals surface area contributed by atoms with Crippen molar-refractivity contribution in [2.45, 2.75) is 13.3 Å². The fraction of sp³-hybridized carbons (Fsp3) is 0.333. The van der Waals surface area contributed by atoms with Crippen molar-refractivity contribution in [1.82, 2.24) is 9.97 Å². The third-order valence-electron chi connectivity index (χ3n) is 3.11. The van der Waals surface area contributed by atoms with Crippen LogP contribution < -0.4 is 15.2 Å². The summed E-state index contributed by atoms with van der Waals surface area (Å²) in [5.74, 6) is 2.33. The third kappa shape index (κ3) is 2.58. The summed E-state index contributed by atoms with van der Waals surface area (Å²) in [6, 6.07) is 7.83. The van der Waals surface area contributed by atoms with Crippen LogP contribution in [-0.4, -0.2) is 29.7 Å². The van der Waals surface area contributed by atoms with Gasteiger partial charge in [0.05, 0.1) is 5.69 Å².